The molecular formula is C11H14ClF2N. The third-order valence-electron chi connectivity index (χ3n) is 2.59. The van der Waals surface area contributed by atoms with Crippen molar-refractivity contribution < 1.29 is 8.78 Å². The van der Waals surface area contributed by atoms with Gasteiger partial charge in [0.05, 0.1) is 0 Å². The van der Waals surface area contributed by atoms with Gasteiger partial charge in [0.2, 0.25) is 0 Å². The highest BCUT2D eigenvalue weighted by Crippen LogP contribution is 2.34. The van der Waals surface area contributed by atoms with Gasteiger partial charge in [-0.05, 0) is 5.56 Å². The predicted octanol–water partition coefficient (Wildman–Crippen LogP) is 3.17. The van der Waals surface area contributed by atoms with Crippen molar-refractivity contribution >= 4 is 12.4 Å². The van der Waals surface area contributed by atoms with E-state index in [0.717, 1.165) is 5.56 Å². The first-order chi connectivity index (χ1) is 6.67. The normalized spacial score (nSPS) is 24.3. The van der Waals surface area contributed by atoms with Crippen molar-refractivity contribution in [2.75, 3.05) is 6.54 Å². The lowest BCUT2D eigenvalue weighted by Crippen LogP contribution is -2.38. The van der Waals surface area contributed by atoms with Crippen LogP contribution in [-0.2, 0) is 0 Å². The first-order valence-electron chi connectivity index (χ1n) is 4.83. The summed E-state index contributed by atoms with van der Waals surface area (Å²) in [5, 5.41) is 3.11. The molecule has 0 bridgehead atoms. The number of hydrogen-bond acceptors (Lipinski definition) is 1. The molecule has 1 aliphatic heterocycles. The fourth-order valence-corrected chi connectivity index (χ4v) is 1.82. The van der Waals surface area contributed by atoms with Gasteiger partial charge in [0.15, 0.2) is 0 Å². The summed E-state index contributed by atoms with van der Waals surface area (Å²) in [6, 6.07) is 9.23. The number of alkyl halides is 2. The molecule has 1 unspecified atom stereocenters. The van der Waals surface area contributed by atoms with E-state index in [1.54, 1.807) is 0 Å². The van der Waals surface area contributed by atoms with Crippen LogP contribution in [0.25, 0.3) is 0 Å². The van der Waals surface area contributed by atoms with Gasteiger partial charge in [0.25, 0.3) is 5.92 Å². The molecule has 1 nitrogen and oxygen atoms in total. The Morgan fingerprint density at radius 3 is 2.47 bits per heavy atom. The van der Waals surface area contributed by atoms with Crippen LogP contribution in [0.15, 0.2) is 30.3 Å². The van der Waals surface area contributed by atoms with E-state index >= 15 is 0 Å². The zero-order valence-corrected chi connectivity index (χ0v) is 9.07. The molecule has 1 aromatic carbocycles. The third kappa shape index (κ3) is 3.14. The van der Waals surface area contributed by atoms with Gasteiger partial charge in [-0.25, -0.2) is 8.78 Å². The number of hydrogen-bond donors (Lipinski definition) is 1. The van der Waals surface area contributed by atoms with Crippen LogP contribution in [0, 0.1) is 0 Å². The van der Waals surface area contributed by atoms with Crippen LogP contribution in [0.4, 0.5) is 8.78 Å². The lowest BCUT2D eigenvalue weighted by Gasteiger charge is -2.30. The molecule has 1 heterocycles. The van der Waals surface area contributed by atoms with Crippen molar-refractivity contribution in [3.8, 4) is 0 Å². The highest BCUT2D eigenvalue weighted by molar-refractivity contribution is 5.85. The lowest BCUT2D eigenvalue weighted by atomic mass is 9.95. The molecule has 1 saturated heterocycles. The van der Waals surface area contributed by atoms with E-state index in [2.05, 4.69) is 5.32 Å². The summed E-state index contributed by atoms with van der Waals surface area (Å²) < 4.78 is 26.2. The van der Waals surface area contributed by atoms with E-state index < -0.39 is 5.92 Å². The largest absolute Gasteiger partial charge is 0.310 e. The fraction of sp³-hybridized carbons (Fsp3) is 0.455. The molecule has 15 heavy (non-hydrogen) atoms. The van der Waals surface area contributed by atoms with Crippen LogP contribution in [0.1, 0.15) is 24.4 Å². The van der Waals surface area contributed by atoms with Crippen LogP contribution in [0.3, 0.4) is 0 Å². The van der Waals surface area contributed by atoms with Gasteiger partial charge in [0, 0.05) is 25.4 Å². The monoisotopic (exact) mass is 233 g/mol. The molecule has 4 heteroatoms. The van der Waals surface area contributed by atoms with E-state index in [1.807, 2.05) is 30.3 Å². The van der Waals surface area contributed by atoms with Crippen LogP contribution >= 0.6 is 12.4 Å². The van der Waals surface area contributed by atoms with E-state index in [-0.39, 0.29) is 31.3 Å². The maximum absolute atomic E-state index is 13.1. The average Bonchev–Trinajstić information content (AvgIpc) is 2.18. The van der Waals surface area contributed by atoms with Gasteiger partial charge >= 0.3 is 0 Å². The summed E-state index contributed by atoms with van der Waals surface area (Å²) in [6.07, 6.45) is -0.132. The van der Waals surface area contributed by atoms with Crippen molar-refractivity contribution in [1.29, 1.82) is 0 Å². The standard InChI is InChI=1S/C11H13F2N.ClH/c12-11(13)6-7-14-10(8-11)9-4-2-1-3-5-9;/h1-5,10,14H,6-8H2;1H. The first-order valence-corrected chi connectivity index (χ1v) is 4.83. The van der Waals surface area contributed by atoms with Gasteiger partial charge in [-0.1, -0.05) is 30.3 Å². The molecule has 0 amide bonds. The van der Waals surface area contributed by atoms with Crippen LogP contribution in [0.2, 0.25) is 0 Å². The fourth-order valence-electron chi connectivity index (χ4n) is 1.82. The van der Waals surface area contributed by atoms with E-state index in [1.165, 1.54) is 0 Å². The van der Waals surface area contributed by atoms with Crippen LogP contribution in [0.5, 0.6) is 0 Å². The van der Waals surface area contributed by atoms with Crippen molar-refractivity contribution in [3.05, 3.63) is 35.9 Å². The number of piperidine rings is 1. The maximum Gasteiger partial charge on any atom is 0.251 e. The minimum atomic E-state index is -2.51. The minimum absolute atomic E-state index is 0. The molecule has 0 saturated carbocycles. The van der Waals surface area contributed by atoms with Crippen molar-refractivity contribution in [1.82, 2.24) is 5.32 Å². The molecule has 1 fully saturated rings. The lowest BCUT2D eigenvalue weighted by molar-refractivity contribution is -0.0415. The summed E-state index contributed by atoms with van der Waals surface area (Å²) in [5.74, 6) is -2.51. The Morgan fingerprint density at radius 2 is 1.87 bits per heavy atom. The summed E-state index contributed by atoms with van der Waals surface area (Å²) in [4.78, 5) is 0. The smallest absolute Gasteiger partial charge is 0.251 e. The van der Waals surface area contributed by atoms with Gasteiger partial charge in [-0.15, -0.1) is 12.4 Å². The molecule has 1 N–H and O–H groups in total. The SMILES string of the molecule is Cl.FC1(F)CCNC(c2ccccc2)C1. The van der Waals surface area contributed by atoms with Gasteiger partial charge in [0.1, 0.15) is 0 Å². The Hall–Kier alpha value is -0.670. The average molecular weight is 234 g/mol. The minimum Gasteiger partial charge on any atom is -0.310 e. The zero-order chi connectivity index (χ0) is 10.0. The molecule has 0 spiro atoms. The Balaban J connectivity index is 0.00000112. The predicted molar refractivity (Wildman–Crippen MR) is 58.6 cm³/mol. The molecule has 0 aliphatic carbocycles. The van der Waals surface area contributed by atoms with Crippen molar-refractivity contribution in [2.45, 2.75) is 24.8 Å². The topological polar surface area (TPSA) is 12.0 Å². The molecule has 1 atom stereocenters. The van der Waals surface area contributed by atoms with Gasteiger partial charge in [-0.2, -0.15) is 0 Å². The summed E-state index contributed by atoms with van der Waals surface area (Å²) in [7, 11) is 0. The molecule has 1 aromatic rings. The molecule has 1 aliphatic rings. The Kier molecular flexibility index (Phi) is 4.05. The van der Waals surface area contributed by atoms with Crippen molar-refractivity contribution in [3.63, 3.8) is 0 Å². The number of nitrogens with one attached hydrogen (secondary N) is 1. The van der Waals surface area contributed by atoms with E-state index in [0.29, 0.717) is 6.54 Å². The number of rotatable bonds is 1. The number of halogens is 3. The second-order valence-electron chi connectivity index (χ2n) is 3.73. The second kappa shape index (κ2) is 4.90. The highest BCUT2D eigenvalue weighted by atomic mass is 35.5. The zero-order valence-electron chi connectivity index (χ0n) is 8.25. The molecule has 0 radical (unpaired) electrons. The van der Waals surface area contributed by atoms with Crippen LogP contribution in [-0.4, -0.2) is 12.5 Å². The Bertz CT molecular complexity index is 303. The van der Waals surface area contributed by atoms with Gasteiger partial charge < -0.3 is 5.32 Å². The molecule has 0 aromatic heterocycles. The Morgan fingerprint density at radius 1 is 1.20 bits per heavy atom. The first kappa shape index (κ1) is 12.4. The van der Waals surface area contributed by atoms with E-state index in [9.17, 15) is 8.78 Å². The molecule has 2 rings (SSSR count). The third-order valence-corrected chi connectivity index (χ3v) is 2.59. The summed E-state index contributed by atoms with van der Waals surface area (Å²) in [5.41, 5.74) is 0.951. The number of benzene rings is 1. The highest BCUT2D eigenvalue weighted by Gasteiger charge is 2.36. The molecular weight excluding hydrogens is 220 g/mol. The van der Waals surface area contributed by atoms with E-state index in [4.69, 9.17) is 0 Å². The summed E-state index contributed by atoms with van der Waals surface area (Å²) >= 11 is 0. The van der Waals surface area contributed by atoms with Gasteiger partial charge in [-0.3, -0.25) is 0 Å². The summed E-state index contributed by atoms with van der Waals surface area (Å²) in [6.45, 7) is 0.395. The maximum atomic E-state index is 13.1. The molecule has 84 valence electrons. The Labute approximate surface area is 94.3 Å². The van der Waals surface area contributed by atoms with Crippen LogP contribution < -0.4 is 5.32 Å². The quantitative estimate of drug-likeness (QED) is 0.786. The second-order valence-corrected chi connectivity index (χ2v) is 3.73. The van der Waals surface area contributed by atoms with Crippen molar-refractivity contribution in [2.24, 2.45) is 0 Å².